The highest BCUT2D eigenvalue weighted by Gasteiger charge is 2.39. The molecule has 0 saturated carbocycles. The Morgan fingerprint density at radius 3 is 2.80 bits per heavy atom. The van der Waals surface area contributed by atoms with E-state index in [1.54, 1.807) is 13.8 Å². The minimum absolute atomic E-state index is 0.0762. The van der Waals surface area contributed by atoms with Crippen LogP contribution >= 0.6 is 11.8 Å². The van der Waals surface area contributed by atoms with Gasteiger partial charge in [0.15, 0.2) is 0 Å². The van der Waals surface area contributed by atoms with Crippen LogP contribution in [0.1, 0.15) is 33.1 Å². The van der Waals surface area contributed by atoms with Crippen LogP contribution < -0.4 is 11.1 Å². The first kappa shape index (κ1) is 19.1. The van der Waals surface area contributed by atoms with Crippen LogP contribution in [0.2, 0.25) is 0 Å². The van der Waals surface area contributed by atoms with Crippen molar-refractivity contribution in [2.45, 2.75) is 33.1 Å². The van der Waals surface area contributed by atoms with Crippen molar-refractivity contribution >= 4 is 23.6 Å². The molecule has 1 heterocycles. The first-order valence-electron chi connectivity index (χ1n) is 8.34. The van der Waals surface area contributed by atoms with Gasteiger partial charge in [0, 0.05) is 11.6 Å². The van der Waals surface area contributed by atoms with E-state index in [-0.39, 0.29) is 24.2 Å². The molecule has 25 heavy (non-hydrogen) atoms. The smallest absolute Gasteiger partial charge is 0.336 e. The molecule has 0 aromatic rings. The molecule has 0 aromatic carbocycles. The Labute approximate surface area is 152 Å². The van der Waals surface area contributed by atoms with Gasteiger partial charge in [-0.2, -0.15) is 5.26 Å². The quantitative estimate of drug-likeness (QED) is 0.556. The summed E-state index contributed by atoms with van der Waals surface area (Å²) in [5.41, 5.74) is 6.91. The highest BCUT2D eigenvalue weighted by Crippen LogP contribution is 2.42. The number of esters is 1. The fourth-order valence-electron chi connectivity index (χ4n) is 3.28. The van der Waals surface area contributed by atoms with E-state index in [1.165, 1.54) is 11.8 Å². The molecule has 0 radical (unpaired) electrons. The van der Waals surface area contributed by atoms with Crippen LogP contribution in [0.4, 0.5) is 0 Å². The molecule has 0 saturated heterocycles. The second-order valence-corrected chi connectivity index (χ2v) is 7.00. The topological polar surface area (TPSA) is 105 Å². The van der Waals surface area contributed by atoms with Crippen LogP contribution in [0.15, 0.2) is 34.0 Å². The number of thioether (sulfide) groups is 1. The summed E-state index contributed by atoms with van der Waals surface area (Å²) in [6.07, 6.45) is 6.85. The second kappa shape index (κ2) is 8.77. The predicted molar refractivity (Wildman–Crippen MR) is 96.7 cm³/mol. The van der Waals surface area contributed by atoms with Crippen molar-refractivity contribution in [3.63, 3.8) is 0 Å². The van der Waals surface area contributed by atoms with E-state index in [2.05, 4.69) is 23.5 Å². The Kier molecular flexibility index (Phi) is 6.71. The van der Waals surface area contributed by atoms with Crippen LogP contribution in [-0.2, 0) is 14.3 Å². The van der Waals surface area contributed by atoms with Crippen LogP contribution in [0.3, 0.4) is 0 Å². The summed E-state index contributed by atoms with van der Waals surface area (Å²) in [5.74, 6) is -0.941. The van der Waals surface area contributed by atoms with E-state index in [4.69, 9.17) is 10.5 Å². The number of allylic oxidation sites excluding steroid dienone is 4. The van der Waals surface area contributed by atoms with Crippen molar-refractivity contribution in [2.24, 2.45) is 17.6 Å². The molecule has 0 bridgehead atoms. The number of nitrogens with two attached hydrogens (primary N) is 1. The number of amides is 1. The first-order valence-corrected chi connectivity index (χ1v) is 9.33. The number of primary amides is 1. The molecular formula is C18H23N3O3S. The highest BCUT2D eigenvalue weighted by atomic mass is 32.2. The van der Waals surface area contributed by atoms with Gasteiger partial charge in [0.2, 0.25) is 5.91 Å². The van der Waals surface area contributed by atoms with Crippen LogP contribution in [0, 0.1) is 23.2 Å². The third kappa shape index (κ3) is 4.45. The zero-order valence-corrected chi connectivity index (χ0v) is 15.3. The van der Waals surface area contributed by atoms with Crippen molar-refractivity contribution in [1.29, 1.82) is 5.26 Å². The van der Waals surface area contributed by atoms with Gasteiger partial charge in [-0.25, -0.2) is 4.79 Å². The van der Waals surface area contributed by atoms with Crippen molar-refractivity contribution in [2.75, 3.05) is 12.4 Å². The van der Waals surface area contributed by atoms with Crippen molar-refractivity contribution < 1.29 is 14.3 Å². The maximum atomic E-state index is 12.5. The number of nitrogens with one attached hydrogen (secondary N) is 1. The van der Waals surface area contributed by atoms with E-state index >= 15 is 0 Å². The first-order chi connectivity index (χ1) is 12.0. The molecule has 2 aliphatic rings. The van der Waals surface area contributed by atoms with Gasteiger partial charge in [0.25, 0.3) is 0 Å². The Hall–Kier alpha value is -2.20. The third-order valence-electron chi connectivity index (χ3n) is 4.33. The minimum Gasteiger partial charge on any atom is -0.463 e. The van der Waals surface area contributed by atoms with Crippen molar-refractivity contribution in [3.8, 4) is 6.07 Å². The van der Waals surface area contributed by atoms with Gasteiger partial charge in [0.1, 0.15) is 0 Å². The molecule has 3 N–H and O–H groups in total. The number of nitrogens with zero attached hydrogens (tertiary/aromatic N) is 1. The Balaban J connectivity index is 2.44. The summed E-state index contributed by atoms with van der Waals surface area (Å²) in [4.78, 5) is 23.7. The minimum atomic E-state index is -0.452. The van der Waals surface area contributed by atoms with E-state index in [0.717, 1.165) is 19.3 Å². The summed E-state index contributed by atoms with van der Waals surface area (Å²) in [5, 5.41) is 13.5. The van der Waals surface area contributed by atoms with Crippen LogP contribution in [-0.4, -0.2) is 24.2 Å². The fourth-order valence-corrected chi connectivity index (χ4v) is 4.12. The lowest BCUT2D eigenvalue weighted by Crippen LogP contribution is -2.34. The van der Waals surface area contributed by atoms with Gasteiger partial charge in [0.05, 0.1) is 34.6 Å². The molecule has 1 aliphatic heterocycles. The highest BCUT2D eigenvalue weighted by molar-refractivity contribution is 8.03. The normalized spacial score (nSPS) is 23.1. The molecule has 0 spiro atoms. The van der Waals surface area contributed by atoms with Crippen molar-refractivity contribution in [1.82, 2.24) is 5.32 Å². The summed E-state index contributed by atoms with van der Waals surface area (Å²) < 4.78 is 5.23. The lowest BCUT2D eigenvalue weighted by Gasteiger charge is -2.34. The summed E-state index contributed by atoms with van der Waals surface area (Å²) in [6.45, 7) is 3.84. The van der Waals surface area contributed by atoms with Gasteiger partial charge in [-0.05, 0) is 39.0 Å². The molecule has 1 amide bonds. The molecule has 7 heteroatoms. The number of hydrogen-bond acceptors (Lipinski definition) is 6. The number of dihydropyridines is 1. The largest absolute Gasteiger partial charge is 0.463 e. The van der Waals surface area contributed by atoms with Gasteiger partial charge in [-0.1, -0.05) is 23.9 Å². The average Bonchev–Trinajstić information content (AvgIpc) is 2.60. The molecule has 0 fully saturated rings. The van der Waals surface area contributed by atoms with Crippen molar-refractivity contribution in [3.05, 3.63) is 34.0 Å². The molecular weight excluding hydrogens is 338 g/mol. The van der Waals surface area contributed by atoms with E-state index < -0.39 is 11.9 Å². The number of ether oxygens (including phenoxy) is 1. The third-order valence-corrected chi connectivity index (χ3v) is 5.37. The van der Waals surface area contributed by atoms with Gasteiger partial charge < -0.3 is 15.8 Å². The number of rotatable bonds is 6. The van der Waals surface area contributed by atoms with Gasteiger partial charge in [-0.15, -0.1) is 0 Å². The lowest BCUT2D eigenvalue weighted by molar-refractivity contribution is -0.139. The molecule has 134 valence electrons. The van der Waals surface area contributed by atoms with E-state index in [9.17, 15) is 14.9 Å². The number of hydrogen-bond donors (Lipinski definition) is 2. The second-order valence-electron chi connectivity index (χ2n) is 6.02. The molecule has 2 atom stereocenters. The number of nitriles is 1. The molecule has 0 unspecified atom stereocenters. The molecule has 1 aliphatic carbocycles. The number of carbonyl (C=O) groups is 2. The molecule has 2 rings (SSSR count). The van der Waals surface area contributed by atoms with E-state index in [0.29, 0.717) is 21.9 Å². The maximum absolute atomic E-state index is 12.5. The SMILES string of the molecule is CCOC(=O)C1=C(C)NC(SCC(N)=O)=C(C#N)[C@H]1[C@H]1CC=CCC1. The Morgan fingerprint density at radius 1 is 1.48 bits per heavy atom. The zero-order valence-electron chi connectivity index (χ0n) is 14.5. The maximum Gasteiger partial charge on any atom is 0.336 e. The van der Waals surface area contributed by atoms with Gasteiger partial charge in [-0.3, -0.25) is 4.79 Å². The molecule has 6 nitrogen and oxygen atoms in total. The van der Waals surface area contributed by atoms with Gasteiger partial charge >= 0.3 is 5.97 Å². The van der Waals surface area contributed by atoms with Crippen LogP contribution in [0.5, 0.6) is 0 Å². The standard InChI is InChI=1S/C18H23N3O3S/c1-3-24-18(23)15-11(2)21-17(25-10-14(20)22)13(9-19)16(15)12-7-5-4-6-8-12/h4-5,12,16,21H,3,6-8,10H2,1-2H3,(H2,20,22)/t12-,16+/m0/s1. The average molecular weight is 361 g/mol. The monoisotopic (exact) mass is 361 g/mol. The Bertz CT molecular complexity index is 688. The summed E-state index contributed by atoms with van der Waals surface area (Å²) >= 11 is 1.20. The van der Waals surface area contributed by atoms with E-state index in [1.807, 2.05) is 0 Å². The van der Waals surface area contributed by atoms with Crippen LogP contribution in [0.25, 0.3) is 0 Å². The Morgan fingerprint density at radius 2 is 2.24 bits per heavy atom. The summed E-state index contributed by atoms with van der Waals surface area (Å²) in [6, 6.07) is 2.25. The zero-order chi connectivity index (χ0) is 18.4. The lowest BCUT2D eigenvalue weighted by atomic mass is 9.73. The predicted octanol–water partition coefficient (Wildman–Crippen LogP) is 2.35. The number of carbonyl (C=O) groups excluding carboxylic acids is 2. The summed E-state index contributed by atoms with van der Waals surface area (Å²) in [7, 11) is 0. The fraction of sp³-hybridized carbons (Fsp3) is 0.500. The molecule has 0 aromatic heterocycles.